The van der Waals surface area contributed by atoms with Gasteiger partial charge in [0.15, 0.2) is 0 Å². The predicted molar refractivity (Wildman–Crippen MR) is 328 cm³/mol. The van der Waals surface area contributed by atoms with Crippen molar-refractivity contribution in [3.05, 3.63) is 12.2 Å². The van der Waals surface area contributed by atoms with E-state index in [1.165, 1.54) is 302 Å². The number of quaternary nitrogens is 1. The van der Waals surface area contributed by atoms with Gasteiger partial charge >= 0.3 is 7.82 Å². The molecule has 0 aliphatic heterocycles. The van der Waals surface area contributed by atoms with Gasteiger partial charge in [0.25, 0.3) is 0 Å². The number of likely N-dealkylation sites (N-methyl/N-ethyl adjacent to an activating group) is 1. The number of hydrogen-bond acceptors (Lipinski definition) is 5. The number of carbonyl (C=O) groups excluding carboxylic acids is 1. The van der Waals surface area contributed by atoms with Crippen molar-refractivity contribution >= 4 is 13.7 Å². The van der Waals surface area contributed by atoms with Gasteiger partial charge in [-0.2, -0.15) is 0 Å². The summed E-state index contributed by atoms with van der Waals surface area (Å²) in [6.45, 7) is 4.88. The third-order valence-electron chi connectivity index (χ3n) is 15.8. The molecule has 0 radical (unpaired) electrons. The van der Waals surface area contributed by atoms with Gasteiger partial charge in [-0.3, -0.25) is 13.8 Å². The van der Waals surface area contributed by atoms with Crippen LogP contribution in [0, 0.1) is 0 Å². The molecular weight excluding hydrogens is 948 g/mol. The van der Waals surface area contributed by atoms with Gasteiger partial charge in [0.2, 0.25) is 5.91 Å². The molecular formula is C66H134N2O6P+. The highest BCUT2D eigenvalue weighted by molar-refractivity contribution is 7.47. The minimum absolute atomic E-state index is 0.0654. The van der Waals surface area contributed by atoms with E-state index in [-0.39, 0.29) is 19.1 Å². The molecule has 0 fully saturated rings. The van der Waals surface area contributed by atoms with Gasteiger partial charge in [0.1, 0.15) is 13.2 Å². The normalized spacial score (nSPS) is 13.7. The molecule has 0 aliphatic carbocycles. The Hall–Kier alpha value is -0.760. The first-order valence-electron chi connectivity index (χ1n) is 33.6. The zero-order chi connectivity index (χ0) is 54.9. The Morgan fingerprint density at radius 2 is 0.707 bits per heavy atom. The second-order valence-corrected chi connectivity index (χ2v) is 26.0. The molecule has 0 bridgehead atoms. The standard InChI is InChI=1S/C66H133N2O6P/c1-6-8-10-12-14-16-18-20-22-24-26-28-29-30-31-32-33-34-35-36-37-38-40-42-44-46-48-50-52-54-56-58-60-66(70)67-64(63-74-75(71,72)73-62-61-68(3,4)5)65(69)59-57-55-53-51-49-47-45-43-41-39-27-25-23-21-19-17-15-13-11-9-7-2/h57,59,64-65,69H,6-56,58,60-63H2,1-5H3,(H-,67,70,71,72)/p+1/b59-57+. The summed E-state index contributed by atoms with van der Waals surface area (Å²) in [5, 5.41) is 14.0. The SMILES string of the molecule is CCCCCCCCCCCCCCCCCCCCC/C=C/C(O)C(COP(=O)(O)OCC[N+](C)(C)C)NC(=O)CCCCCCCCCCCCCCCCCCCCCCCCCCCCCCCCCC. The first kappa shape index (κ1) is 74.2. The van der Waals surface area contributed by atoms with Gasteiger partial charge in [-0.1, -0.05) is 341 Å². The molecule has 3 atom stereocenters. The molecule has 0 rings (SSSR count). The lowest BCUT2D eigenvalue weighted by Crippen LogP contribution is -2.45. The van der Waals surface area contributed by atoms with Crippen LogP contribution in [0.15, 0.2) is 12.2 Å². The molecule has 0 aromatic carbocycles. The molecule has 1 amide bonds. The number of phosphoric ester groups is 1. The number of rotatable bonds is 63. The first-order chi connectivity index (χ1) is 36.5. The fourth-order valence-electron chi connectivity index (χ4n) is 10.5. The number of phosphoric acid groups is 1. The number of aliphatic hydroxyl groups is 1. The van der Waals surface area contributed by atoms with Crippen molar-refractivity contribution in [3.8, 4) is 0 Å². The molecule has 0 aromatic heterocycles. The van der Waals surface area contributed by atoms with Crippen LogP contribution in [0.25, 0.3) is 0 Å². The molecule has 0 heterocycles. The van der Waals surface area contributed by atoms with E-state index in [9.17, 15) is 19.4 Å². The van der Waals surface area contributed by atoms with Gasteiger partial charge in [0, 0.05) is 6.42 Å². The Bertz CT molecular complexity index is 1230. The topological polar surface area (TPSA) is 105 Å². The van der Waals surface area contributed by atoms with Crippen molar-refractivity contribution in [1.82, 2.24) is 5.32 Å². The maximum absolute atomic E-state index is 13.0. The maximum Gasteiger partial charge on any atom is 0.472 e. The summed E-state index contributed by atoms with van der Waals surface area (Å²) in [4.78, 5) is 23.4. The van der Waals surface area contributed by atoms with E-state index in [0.717, 1.165) is 32.1 Å². The molecule has 75 heavy (non-hydrogen) atoms. The van der Waals surface area contributed by atoms with Gasteiger partial charge in [-0.15, -0.1) is 0 Å². The molecule has 0 spiro atoms. The molecule has 448 valence electrons. The summed E-state index contributed by atoms with van der Waals surface area (Å²) in [6, 6.07) is -0.843. The van der Waals surface area contributed by atoms with Crippen molar-refractivity contribution in [2.75, 3.05) is 40.9 Å². The van der Waals surface area contributed by atoms with Crippen molar-refractivity contribution < 1.29 is 32.9 Å². The van der Waals surface area contributed by atoms with E-state index < -0.39 is 20.0 Å². The van der Waals surface area contributed by atoms with Crippen LogP contribution in [0.4, 0.5) is 0 Å². The van der Waals surface area contributed by atoms with Crippen molar-refractivity contribution in [1.29, 1.82) is 0 Å². The molecule has 0 aliphatic rings. The van der Waals surface area contributed by atoms with Crippen LogP contribution in [-0.4, -0.2) is 73.4 Å². The minimum atomic E-state index is -4.35. The zero-order valence-electron chi connectivity index (χ0n) is 51.3. The maximum atomic E-state index is 13.0. The number of aliphatic hydroxyl groups excluding tert-OH is 1. The van der Waals surface area contributed by atoms with Crippen LogP contribution in [0.2, 0.25) is 0 Å². The second-order valence-electron chi connectivity index (χ2n) is 24.6. The fourth-order valence-corrected chi connectivity index (χ4v) is 11.3. The highest BCUT2D eigenvalue weighted by Crippen LogP contribution is 2.43. The lowest BCUT2D eigenvalue weighted by molar-refractivity contribution is -0.870. The average molecular weight is 1080 g/mol. The Kier molecular flexibility index (Phi) is 57.3. The van der Waals surface area contributed by atoms with Crippen LogP contribution in [0.1, 0.15) is 354 Å². The van der Waals surface area contributed by atoms with Crippen molar-refractivity contribution in [3.63, 3.8) is 0 Å². The Morgan fingerprint density at radius 1 is 0.440 bits per heavy atom. The number of nitrogens with one attached hydrogen (secondary N) is 1. The van der Waals surface area contributed by atoms with Crippen molar-refractivity contribution in [2.24, 2.45) is 0 Å². The molecule has 0 saturated heterocycles. The number of nitrogens with zero attached hydrogens (tertiary/aromatic N) is 1. The summed E-state index contributed by atoms with van der Waals surface area (Å²) in [5.74, 6) is -0.167. The lowest BCUT2D eigenvalue weighted by atomic mass is 10.0. The van der Waals surface area contributed by atoms with Crippen molar-refractivity contribution in [2.45, 2.75) is 366 Å². The van der Waals surface area contributed by atoms with E-state index in [1.807, 2.05) is 27.2 Å². The van der Waals surface area contributed by atoms with Crippen LogP contribution in [0.5, 0.6) is 0 Å². The van der Waals surface area contributed by atoms with E-state index in [4.69, 9.17) is 9.05 Å². The average Bonchev–Trinajstić information content (AvgIpc) is 3.37. The highest BCUT2D eigenvalue weighted by atomic mass is 31.2. The zero-order valence-corrected chi connectivity index (χ0v) is 52.2. The molecule has 8 nitrogen and oxygen atoms in total. The number of carbonyl (C=O) groups is 1. The predicted octanol–water partition coefficient (Wildman–Crippen LogP) is 20.9. The van der Waals surface area contributed by atoms with E-state index >= 15 is 0 Å². The Morgan fingerprint density at radius 3 is 0.987 bits per heavy atom. The van der Waals surface area contributed by atoms with Crippen LogP contribution >= 0.6 is 7.82 Å². The first-order valence-corrected chi connectivity index (χ1v) is 35.1. The number of unbranched alkanes of at least 4 members (excludes halogenated alkanes) is 50. The number of hydrogen-bond donors (Lipinski definition) is 3. The molecule has 0 saturated carbocycles. The van der Waals surface area contributed by atoms with Gasteiger partial charge < -0.3 is 19.8 Å². The lowest BCUT2D eigenvalue weighted by Gasteiger charge is -2.25. The third kappa shape index (κ3) is 60.7. The monoisotopic (exact) mass is 1080 g/mol. The highest BCUT2D eigenvalue weighted by Gasteiger charge is 2.28. The fraction of sp³-hybridized carbons (Fsp3) is 0.955. The molecule has 3 N–H and O–H groups in total. The number of allylic oxidation sites excluding steroid dienone is 1. The summed E-state index contributed by atoms with van der Waals surface area (Å²) in [5.41, 5.74) is 0. The van der Waals surface area contributed by atoms with Crippen LogP contribution in [0.3, 0.4) is 0 Å². The van der Waals surface area contributed by atoms with Gasteiger partial charge in [-0.25, -0.2) is 4.57 Å². The summed E-state index contributed by atoms with van der Waals surface area (Å²) in [7, 11) is 1.59. The summed E-state index contributed by atoms with van der Waals surface area (Å²) >= 11 is 0. The van der Waals surface area contributed by atoms with Crippen LogP contribution in [-0.2, 0) is 18.4 Å². The smallest absolute Gasteiger partial charge is 0.387 e. The minimum Gasteiger partial charge on any atom is -0.387 e. The third-order valence-corrected chi connectivity index (χ3v) is 16.7. The second kappa shape index (κ2) is 57.9. The molecule has 9 heteroatoms. The van der Waals surface area contributed by atoms with E-state index in [2.05, 4.69) is 19.2 Å². The largest absolute Gasteiger partial charge is 0.472 e. The molecule has 3 unspecified atom stereocenters. The summed E-state index contributed by atoms with van der Waals surface area (Å²) in [6.07, 6.45) is 73.5. The summed E-state index contributed by atoms with van der Waals surface area (Å²) < 4.78 is 23.8. The van der Waals surface area contributed by atoms with E-state index in [1.54, 1.807) is 6.08 Å². The number of amides is 1. The quantitative estimate of drug-likeness (QED) is 0.0243. The molecule has 0 aromatic rings. The Labute approximate surface area is 469 Å². The Balaban J connectivity index is 4.01. The van der Waals surface area contributed by atoms with E-state index in [0.29, 0.717) is 17.4 Å². The van der Waals surface area contributed by atoms with Crippen LogP contribution < -0.4 is 5.32 Å². The van der Waals surface area contributed by atoms with Gasteiger partial charge in [0.05, 0.1) is 39.9 Å². The van der Waals surface area contributed by atoms with Gasteiger partial charge in [-0.05, 0) is 19.3 Å².